The summed E-state index contributed by atoms with van der Waals surface area (Å²) < 4.78 is 27.5. The van der Waals surface area contributed by atoms with E-state index in [0.29, 0.717) is 35.5 Å². The zero-order valence-electron chi connectivity index (χ0n) is 17.0. The normalized spacial score (nSPS) is 15.5. The van der Waals surface area contributed by atoms with Crippen molar-refractivity contribution in [3.8, 4) is 0 Å². The van der Waals surface area contributed by atoms with Gasteiger partial charge in [-0.25, -0.2) is 13.2 Å². The van der Waals surface area contributed by atoms with Crippen LogP contribution in [-0.4, -0.2) is 48.2 Å². The number of amides is 1. The van der Waals surface area contributed by atoms with E-state index in [2.05, 4.69) is 20.6 Å². The van der Waals surface area contributed by atoms with Crippen molar-refractivity contribution in [2.45, 2.75) is 30.6 Å². The lowest BCUT2D eigenvalue weighted by Crippen LogP contribution is -2.32. The molecule has 0 unspecified atom stereocenters. The molecule has 1 aliphatic rings. The fraction of sp³-hybridized carbons (Fsp3) is 0.333. The Kier molecular flexibility index (Phi) is 6.10. The van der Waals surface area contributed by atoms with Gasteiger partial charge in [-0.15, -0.1) is 0 Å². The van der Waals surface area contributed by atoms with Crippen LogP contribution in [0, 0.1) is 0 Å². The lowest BCUT2D eigenvalue weighted by molar-refractivity contribution is -0.114. The lowest BCUT2D eigenvalue weighted by Gasteiger charge is -2.20. The minimum Gasteiger partial charge on any atom is -0.376 e. The van der Waals surface area contributed by atoms with Crippen LogP contribution in [0.2, 0.25) is 0 Å². The van der Waals surface area contributed by atoms with Gasteiger partial charge in [-0.2, -0.15) is 4.31 Å². The standard InChI is InChI=1S/C21H25N5O4S/c27-20(23-16-8-9-18-19(13-16)25-21(28)24-18)14-22-15-6-5-7-17(12-15)31(29,30)26-10-3-1-2-4-11-26/h5-9,12-13,22H,1-4,10-11,14H2,(H,23,27)(H2,24,25,28). The molecule has 1 saturated heterocycles. The van der Waals surface area contributed by atoms with Crippen LogP contribution in [0.25, 0.3) is 11.0 Å². The summed E-state index contributed by atoms with van der Waals surface area (Å²) in [7, 11) is -3.55. The van der Waals surface area contributed by atoms with Crippen LogP contribution in [0.1, 0.15) is 25.7 Å². The molecule has 0 aliphatic carbocycles. The Morgan fingerprint density at radius 1 is 0.935 bits per heavy atom. The average molecular weight is 444 g/mol. The molecule has 4 rings (SSSR count). The number of imidazole rings is 1. The van der Waals surface area contributed by atoms with E-state index in [9.17, 15) is 18.0 Å². The number of nitrogens with one attached hydrogen (secondary N) is 4. The molecule has 1 amide bonds. The Bertz CT molecular complexity index is 1240. The predicted octanol–water partition coefficient (Wildman–Crippen LogP) is 2.47. The van der Waals surface area contributed by atoms with E-state index in [1.807, 2.05) is 0 Å². The molecule has 1 aliphatic heterocycles. The molecule has 10 heteroatoms. The van der Waals surface area contributed by atoms with E-state index < -0.39 is 10.0 Å². The maximum absolute atomic E-state index is 13.0. The molecular formula is C21H25N5O4S. The predicted molar refractivity (Wildman–Crippen MR) is 120 cm³/mol. The van der Waals surface area contributed by atoms with Crippen molar-refractivity contribution >= 4 is 38.3 Å². The van der Waals surface area contributed by atoms with Crippen molar-refractivity contribution in [3.63, 3.8) is 0 Å². The van der Waals surface area contributed by atoms with Crippen LogP contribution in [0.5, 0.6) is 0 Å². The number of aromatic amines is 2. The highest BCUT2D eigenvalue weighted by molar-refractivity contribution is 7.89. The minimum atomic E-state index is -3.55. The third kappa shape index (κ3) is 4.97. The van der Waals surface area contributed by atoms with E-state index in [4.69, 9.17) is 0 Å². The monoisotopic (exact) mass is 443 g/mol. The highest BCUT2D eigenvalue weighted by Gasteiger charge is 2.25. The average Bonchev–Trinajstić information content (AvgIpc) is 2.93. The summed E-state index contributed by atoms with van der Waals surface area (Å²) in [4.78, 5) is 29.2. The second kappa shape index (κ2) is 8.94. The number of sulfonamides is 1. The third-order valence-electron chi connectivity index (χ3n) is 5.29. The van der Waals surface area contributed by atoms with Crippen LogP contribution in [0.15, 0.2) is 52.2 Å². The Morgan fingerprint density at radius 3 is 2.45 bits per heavy atom. The number of fused-ring (bicyclic) bond motifs is 1. The lowest BCUT2D eigenvalue weighted by atomic mass is 10.2. The smallest absolute Gasteiger partial charge is 0.323 e. The minimum absolute atomic E-state index is 0.0328. The number of H-pyrrole nitrogens is 2. The first-order valence-corrected chi connectivity index (χ1v) is 11.7. The topological polar surface area (TPSA) is 127 Å². The van der Waals surface area contributed by atoms with Crippen molar-refractivity contribution in [1.29, 1.82) is 0 Å². The third-order valence-corrected chi connectivity index (χ3v) is 7.18. The highest BCUT2D eigenvalue weighted by Crippen LogP contribution is 2.22. The van der Waals surface area contributed by atoms with Gasteiger partial charge in [0.1, 0.15) is 0 Å². The zero-order valence-corrected chi connectivity index (χ0v) is 17.8. The van der Waals surface area contributed by atoms with E-state index in [1.54, 1.807) is 46.8 Å². The molecule has 0 saturated carbocycles. The molecule has 0 spiro atoms. The van der Waals surface area contributed by atoms with Crippen LogP contribution in [0.3, 0.4) is 0 Å². The summed E-state index contributed by atoms with van der Waals surface area (Å²) in [6, 6.07) is 11.6. The molecule has 0 atom stereocenters. The first-order chi connectivity index (χ1) is 14.9. The molecule has 0 bridgehead atoms. The Balaban J connectivity index is 1.40. The molecule has 164 valence electrons. The molecule has 31 heavy (non-hydrogen) atoms. The van der Waals surface area contributed by atoms with Gasteiger partial charge in [-0.1, -0.05) is 18.9 Å². The zero-order chi connectivity index (χ0) is 21.8. The second-order valence-electron chi connectivity index (χ2n) is 7.59. The first kappa shape index (κ1) is 21.1. The molecule has 4 N–H and O–H groups in total. The molecule has 3 aromatic rings. The van der Waals surface area contributed by atoms with Crippen molar-refractivity contribution in [2.24, 2.45) is 0 Å². The van der Waals surface area contributed by atoms with Crippen LogP contribution in [-0.2, 0) is 14.8 Å². The first-order valence-electron chi connectivity index (χ1n) is 10.3. The van der Waals surface area contributed by atoms with Crippen molar-refractivity contribution in [1.82, 2.24) is 14.3 Å². The molecule has 1 aromatic heterocycles. The maximum atomic E-state index is 13.0. The second-order valence-corrected chi connectivity index (χ2v) is 9.53. The number of hydrogen-bond acceptors (Lipinski definition) is 5. The van der Waals surface area contributed by atoms with Crippen molar-refractivity contribution in [2.75, 3.05) is 30.3 Å². The fourth-order valence-electron chi connectivity index (χ4n) is 3.70. The molecule has 0 radical (unpaired) electrons. The number of aromatic nitrogens is 2. The van der Waals surface area contributed by atoms with Crippen LogP contribution >= 0.6 is 0 Å². The van der Waals surface area contributed by atoms with E-state index >= 15 is 0 Å². The summed E-state index contributed by atoms with van der Waals surface area (Å²) in [5, 5.41) is 5.73. The van der Waals surface area contributed by atoms with Crippen LogP contribution in [0.4, 0.5) is 11.4 Å². The summed E-state index contributed by atoms with van der Waals surface area (Å²) in [5.74, 6) is -0.294. The van der Waals surface area contributed by atoms with Gasteiger partial charge in [0.25, 0.3) is 0 Å². The number of rotatable bonds is 6. The Morgan fingerprint density at radius 2 is 1.68 bits per heavy atom. The van der Waals surface area contributed by atoms with Gasteiger partial charge in [-0.05, 0) is 49.2 Å². The SMILES string of the molecule is O=C(CNc1cccc(S(=O)(=O)N2CCCCCC2)c1)Nc1ccc2[nH]c(=O)[nH]c2c1. The fourth-order valence-corrected chi connectivity index (χ4v) is 5.26. The quantitative estimate of drug-likeness (QED) is 0.465. The highest BCUT2D eigenvalue weighted by atomic mass is 32.2. The number of anilines is 2. The van der Waals surface area contributed by atoms with E-state index in [-0.39, 0.29) is 23.0 Å². The van der Waals surface area contributed by atoms with Crippen molar-refractivity contribution < 1.29 is 13.2 Å². The van der Waals surface area contributed by atoms with Gasteiger partial charge in [0, 0.05) is 24.5 Å². The Labute approximate surface area is 179 Å². The van der Waals surface area contributed by atoms with Crippen molar-refractivity contribution in [3.05, 3.63) is 52.9 Å². The molecule has 1 fully saturated rings. The number of benzene rings is 2. The number of carbonyl (C=O) groups is 1. The molecule has 2 heterocycles. The summed E-state index contributed by atoms with van der Waals surface area (Å²) in [6.07, 6.45) is 3.85. The van der Waals surface area contributed by atoms with Gasteiger partial charge < -0.3 is 20.6 Å². The molecular weight excluding hydrogens is 418 g/mol. The molecule has 9 nitrogen and oxygen atoms in total. The summed E-state index contributed by atoms with van der Waals surface area (Å²) in [5.41, 5.74) is 2.05. The maximum Gasteiger partial charge on any atom is 0.323 e. The number of carbonyl (C=O) groups excluding carboxylic acids is 1. The van der Waals surface area contributed by atoms with Gasteiger partial charge in [-0.3, -0.25) is 4.79 Å². The summed E-state index contributed by atoms with van der Waals surface area (Å²) >= 11 is 0. The largest absolute Gasteiger partial charge is 0.376 e. The Hall–Kier alpha value is -3.11. The molecule has 2 aromatic carbocycles. The van der Waals surface area contributed by atoms with E-state index in [1.165, 1.54) is 0 Å². The van der Waals surface area contributed by atoms with Crippen LogP contribution < -0.4 is 16.3 Å². The van der Waals surface area contributed by atoms with Gasteiger partial charge >= 0.3 is 5.69 Å². The van der Waals surface area contributed by atoms with Gasteiger partial charge in [0.15, 0.2) is 0 Å². The number of hydrogen-bond donors (Lipinski definition) is 4. The summed E-state index contributed by atoms with van der Waals surface area (Å²) in [6.45, 7) is 1.05. The number of nitrogens with zero attached hydrogens (tertiary/aromatic N) is 1. The van der Waals surface area contributed by atoms with E-state index in [0.717, 1.165) is 25.7 Å². The van der Waals surface area contributed by atoms with Gasteiger partial charge in [0.2, 0.25) is 15.9 Å². The van der Waals surface area contributed by atoms with Gasteiger partial charge in [0.05, 0.1) is 22.5 Å².